The maximum atomic E-state index is 6.56. The van der Waals surface area contributed by atoms with Crippen LogP contribution in [0.5, 0.6) is 0 Å². The predicted octanol–water partition coefficient (Wildman–Crippen LogP) is 14.6. The zero-order chi connectivity index (χ0) is 35.6. The van der Waals surface area contributed by atoms with Crippen LogP contribution in [0.2, 0.25) is 0 Å². The highest BCUT2D eigenvalue weighted by Gasteiger charge is 2.20. The second-order valence-electron chi connectivity index (χ2n) is 13.5. The van der Waals surface area contributed by atoms with Crippen LogP contribution in [0.1, 0.15) is 0 Å². The van der Waals surface area contributed by atoms with Crippen LogP contribution < -0.4 is 4.90 Å². The summed E-state index contributed by atoms with van der Waals surface area (Å²) >= 11 is 1.72. The lowest BCUT2D eigenvalue weighted by Crippen LogP contribution is -2.10. The Morgan fingerprint density at radius 1 is 0.426 bits per heavy atom. The molecule has 3 aromatic heterocycles. The predicted molar refractivity (Wildman–Crippen MR) is 225 cm³/mol. The van der Waals surface area contributed by atoms with Gasteiger partial charge in [-0.3, -0.25) is 0 Å². The number of benzene rings is 8. The molecule has 0 unspecified atom stereocenters. The Morgan fingerprint density at radius 2 is 1.02 bits per heavy atom. The highest BCUT2D eigenvalue weighted by atomic mass is 32.1. The molecule has 4 nitrogen and oxygen atoms in total. The van der Waals surface area contributed by atoms with Crippen molar-refractivity contribution in [1.29, 1.82) is 0 Å². The van der Waals surface area contributed by atoms with Gasteiger partial charge in [-0.2, -0.15) is 0 Å². The highest BCUT2D eigenvalue weighted by molar-refractivity contribution is 7.21. The lowest BCUT2D eigenvalue weighted by atomic mass is 10.0. The van der Waals surface area contributed by atoms with E-state index < -0.39 is 0 Å². The Hall–Kier alpha value is -6.95. The maximum absolute atomic E-state index is 6.56. The van der Waals surface area contributed by atoms with Gasteiger partial charge in [0, 0.05) is 33.1 Å². The minimum absolute atomic E-state index is 0.851. The van der Waals surface area contributed by atoms with Crippen molar-refractivity contribution >= 4 is 82.5 Å². The summed E-state index contributed by atoms with van der Waals surface area (Å²) in [6, 6.07) is 63.7. The molecule has 11 aromatic rings. The second-order valence-corrected chi connectivity index (χ2v) is 14.6. The van der Waals surface area contributed by atoms with Gasteiger partial charge >= 0.3 is 0 Å². The van der Waals surface area contributed by atoms with E-state index >= 15 is 0 Å². The Bertz CT molecular complexity index is 3140. The van der Waals surface area contributed by atoms with Gasteiger partial charge in [0.25, 0.3) is 0 Å². The highest BCUT2D eigenvalue weighted by Crippen LogP contribution is 2.44. The van der Waals surface area contributed by atoms with E-state index in [0.29, 0.717) is 0 Å². The van der Waals surface area contributed by atoms with Gasteiger partial charge in [0.15, 0.2) is 5.58 Å². The minimum Gasteiger partial charge on any atom is -0.456 e. The van der Waals surface area contributed by atoms with Crippen LogP contribution in [-0.2, 0) is 0 Å². The number of furan rings is 2. The largest absolute Gasteiger partial charge is 0.456 e. The molecule has 0 saturated heterocycles. The molecule has 54 heavy (non-hydrogen) atoms. The van der Waals surface area contributed by atoms with Crippen molar-refractivity contribution in [1.82, 2.24) is 4.98 Å². The molecule has 0 amide bonds. The number of nitrogens with zero attached hydrogens (tertiary/aromatic N) is 2. The Labute approximate surface area is 314 Å². The third-order valence-electron chi connectivity index (χ3n) is 10.3. The van der Waals surface area contributed by atoms with Crippen LogP contribution in [0.4, 0.5) is 17.1 Å². The number of hydrogen-bond acceptors (Lipinski definition) is 5. The molecule has 0 fully saturated rings. The topological polar surface area (TPSA) is 42.4 Å². The summed E-state index contributed by atoms with van der Waals surface area (Å²) in [6.07, 6.45) is 0. The Balaban J connectivity index is 1.02. The summed E-state index contributed by atoms with van der Waals surface area (Å²) in [5.74, 6) is 0. The molecule has 0 N–H and O–H groups in total. The van der Waals surface area contributed by atoms with Gasteiger partial charge in [0.05, 0.1) is 21.3 Å². The third kappa shape index (κ3) is 5.01. The van der Waals surface area contributed by atoms with Gasteiger partial charge < -0.3 is 13.7 Å². The zero-order valence-electron chi connectivity index (χ0n) is 28.9. The van der Waals surface area contributed by atoms with Gasteiger partial charge in [-0.05, 0) is 82.9 Å². The van der Waals surface area contributed by atoms with Crippen LogP contribution in [0.3, 0.4) is 0 Å². The van der Waals surface area contributed by atoms with E-state index in [9.17, 15) is 0 Å². The van der Waals surface area contributed by atoms with Crippen LogP contribution in [0, 0.1) is 0 Å². The lowest BCUT2D eigenvalue weighted by Gasteiger charge is -2.26. The molecule has 0 radical (unpaired) electrons. The number of thiazole rings is 1. The van der Waals surface area contributed by atoms with Crippen molar-refractivity contribution in [2.24, 2.45) is 0 Å². The minimum atomic E-state index is 0.851. The van der Waals surface area contributed by atoms with Crippen molar-refractivity contribution in [2.45, 2.75) is 0 Å². The SMILES string of the molecule is c1ccc(-c2ccc(N(c3ccc(-c4ccc5oc6ccc7sc(-c8ccccc8)nc7c6c5c4)cc3)c3cccc4c3oc3ccccc34)cc2)cc1. The molecule has 3 heterocycles. The first-order valence-corrected chi connectivity index (χ1v) is 18.8. The fraction of sp³-hybridized carbons (Fsp3) is 0. The molecule has 11 rings (SSSR count). The molecule has 0 atom stereocenters. The standard InChI is InChI=1S/C49H30N2O2S/c1-3-10-31(11-4-1)32-18-23-36(24-19-32)51(41-16-9-15-39-38-14-7-8-17-42(38)53-48(39)41)37-25-20-33(21-26-37)35-22-27-43-40(30-35)46-44(52-43)28-29-45-47(46)50-49(54-45)34-12-5-2-6-13-34/h1-30H. The molecule has 8 aromatic carbocycles. The summed E-state index contributed by atoms with van der Waals surface area (Å²) in [4.78, 5) is 7.42. The summed E-state index contributed by atoms with van der Waals surface area (Å²) in [5, 5.41) is 5.34. The fourth-order valence-electron chi connectivity index (χ4n) is 7.71. The van der Waals surface area contributed by atoms with E-state index in [0.717, 1.165) is 92.9 Å². The van der Waals surface area contributed by atoms with Gasteiger partial charge in [0.2, 0.25) is 0 Å². The molecule has 0 aliphatic heterocycles. The quantitative estimate of drug-likeness (QED) is 0.172. The van der Waals surface area contributed by atoms with Crippen molar-refractivity contribution in [3.63, 3.8) is 0 Å². The second kappa shape index (κ2) is 12.3. The van der Waals surface area contributed by atoms with Gasteiger partial charge in [-0.15, -0.1) is 11.3 Å². The first-order valence-electron chi connectivity index (χ1n) is 18.0. The van der Waals surface area contributed by atoms with Gasteiger partial charge in [-0.1, -0.05) is 121 Å². The van der Waals surface area contributed by atoms with Crippen LogP contribution in [-0.4, -0.2) is 4.98 Å². The summed E-state index contributed by atoms with van der Waals surface area (Å²) < 4.78 is 14.1. The van der Waals surface area contributed by atoms with E-state index in [-0.39, 0.29) is 0 Å². The van der Waals surface area contributed by atoms with Crippen LogP contribution >= 0.6 is 11.3 Å². The van der Waals surface area contributed by atoms with E-state index in [1.807, 2.05) is 24.3 Å². The Morgan fingerprint density at radius 3 is 1.78 bits per heavy atom. The van der Waals surface area contributed by atoms with E-state index in [1.165, 1.54) is 11.1 Å². The molecular formula is C49H30N2O2S. The summed E-state index contributed by atoms with van der Waals surface area (Å²) in [7, 11) is 0. The van der Waals surface area contributed by atoms with Gasteiger partial charge in [-0.25, -0.2) is 4.98 Å². The molecule has 0 saturated carbocycles. The fourth-order valence-corrected chi connectivity index (χ4v) is 8.69. The average Bonchev–Trinajstić information content (AvgIpc) is 3.96. The molecule has 5 heteroatoms. The smallest absolute Gasteiger partial charge is 0.159 e. The first-order chi connectivity index (χ1) is 26.7. The molecule has 0 aliphatic rings. The number of para-hydroxylation sites is 2. The van der Waals surface area contributed by atoms with Crippen molar-refractivity contribution < 1.29 is 8.83 Å². The third-order valence-corrected chi connectivity index (χ3v) is 11.4. The summed E-state index contributed by atoms with van der Waals surface area (Å²) in [6.45, 7) is 0. The monoisotopic (exact) mass is 710 g/mol. The molecule has 0 spiro atoms. The molecule has 0 bridgehead atoms. The number of hydrogen-bond donors (Lipinski definition) is 0. The Kier molecular flexibility index (Phi) is 7.00. The van der Waals surface area contributed by atoms with Crippen LogP contribution in [0.25, 0.3) is 86.9 Å². The summed E-state index contributed by atoms with van der Waals surface area (Å²) in [5.41, 5.74) is 13.2. The molecule has 0 aliphatic carbocycles. The maximum Gasteiger partial charge on any atom is 0.159 e. The first kappa shape index (κ1) is 30.7. The van der Waals surface area contributed by atoms with Crippen molar-refractivity contribution in [2.75, 3.05) is 4.90 Å². The number of anilines is 3. The molecule has 254 valence electrons. The zero-order valence-corrected chi connectivity index (χ0v) is 29.8. The van der Waals surface area contributed by atoms with Crippen molar-refractivity contribution in [3.8, 4) is 32.8 Å². The number of rotatable bonds is 6. The van der Waals surface area contributed by atoms with E-state index in [1.54, 1.807) is 11.3 Å². The number of aromatic nitrogens is 1. The lowest BCUT2D eigenvalue weighted by molar-refractivity contribution is 0.669. The van der Waals surface area contributed by atoms with Crippen molar-refractivity contribution in [3.05, 3.63) is 182 Å². The van der Waals surface area contributed by atoms with E-state index in [4.69, 9.17) is 13.8 Å². The van der Waals surface area contributed by atoms with Gasteiger partial charge in [0.1, 0.15) is 21.8 Å². The molecular weight excluding hydrogens is 681 g/mol. The number of fused-ring (bicyclic) bond motifs is 8. The normalized spacial score (nSPS) is 11.7. The average molecular weight is 711 g/mol. The van der Waals surface area contributed by atoms with E-state index in [2.05, 4.69) is 163 Å². The van der Waals surface area contributed by atoms with Crippen LogP contribution in [0.15, 0.2) is 191 Å².